The largest absolute Gasteiger partial charge is 0.480 e. The van der Waals surface area contributed by atoms with Crippen molar-refractivity contribution in [1.29, 1.82) is 0 Å². The van der Waals surface area contributed by atoms with Crippen LogP contribution in [0.25, 0.3) is 0 Å². The van der Waals surface area contributed by atoms with Crippen LogP contribution in [0.2, 0.25) is 0 Å². The fraction of sp³-hybridized carbons (Fsp3) is 0.636. The molecule has 1 atom stereocenters. The third kappa shape index (κ3) is 1.89. The second-order valence-electron chi connectivity index (χ2n) is 4.41. The van der Waals surface area contributed by atoms with Crippen molar-refractivity contribution in [2.75, 3.05) is 0 Å². The molecule has 82 valence electrons. The summed E-state index contributed by atoms with van der Waals surface area (Å²) < 4.78 is 1.66. The van der Waals surface area contributed by atoms with Crippen LogP contribution in [-0.2, 0) is 24.2 Å². The zero-order valence-corrected chi connectivity index (χ0v) is 9.16. The van der Waals surface area contributed by atoms with Gasteiger partial charge in [0.15, 0.2) is 0 Å². The lowest BCUT2D eigenvalue weighted by atomic mass is 9.88. The second-order valence-corrected chi connectivity index (χ2v) is 4.41. The van der Waals surface area contributed by atoms with Crippen molar-refractivity contribution in [1.82, 2.24) is 9.78 Å². The van der Waals surface area contributed by atoms with Gasteiger partial charge in [-0.1, -0.05) is 6.92 Å². The van der Waals surface area contributed by atoms with Gasteiger partial charge in [-0.2, -0.15) is 5.10 Å². The summed E-state index contributed by atoms with van der Waals surface area (Å²) in [5.74, 6) is -0.181. The van der Waals surface area contributed by atoms with Crippen molar-refractivity contribution in [3.63, 3.8) is 0 Å². The molecule has 1 unspecified atom stereocenters. The van der Waals surface area contributed by atoms with Gasteiger partial charge in [0.05, 0.1) is 5.69 Å². The van der Waals surface area contributed by atoms with Crippen LogP contribution >= 0.6 is 0 Å². The first kappa shape index (κ1) is 10.2. The Hall–Kier alpha value is -1.32. The van der Waals surface area contributed by atoms with Gasteiger partial charge in [-0.3, -0.25) is 9.48 Å². The number of nitrogens with zero attached hydrogens (tertiary/aromatic N) is 2. The molecular weight excluding hydrogens is 192 g/mol. The Morgan fingerprint density at radius 3 is 3.07 bits per heavy atom. The molecule has 1 heterocycles. The second kappa shape index (κ2) is 3.68. The Bertz CT molecular complexity index is 396. The molecule has 1 N–H and O–H groups in total. The van der Waals surface area contributed by atoms with Gasteiger partial charge in [0.25, 0.3) is 0 Å². The summed E-state index contributed by atoms with van der Waals surface area (Å²) in [6.07, 6.45) is 3.19. The minimum absolute atomic E-state index is 0.0110. The summed E-state index contributed by atoms with van der Waals surface area (Å²) in [5.41, 5.74) is 3.40. The number of carboxylic acids is 1. The Morgan fingerprint density at radius 2 is 2.40 bits per heavy atom. The molecule has 1 aliphatic carbocycles. The molecule has 1 aromatic heterocycles. The topological polar surface area (TPSA) is 55.1 Å². The molecule has 4 heteroatoms. The van der Waals surface area contributed by atoms with E-state index in [9.17, 15) is 4.79 Å². The zero-order chi connectivity index (χ0) is 11.0. The summed E-state index contributed by atoms with van der Waals surface area (Å²) in [6, 6.07) is 0. The van der Waals surface area contributed by atoms with E-state index in [1.165, 1.54) is 12.0 Å². The number of hydrogen-bond acceptors (Lipinski definition) is 2. The highest BCUT2D eigenvalue weighted by molar-refractivity contribution is 5.66. The number of carbonyl (C=O) groups is 1. The molecule has 2 rings (SSSR count). The van der Waals surface area contributed by atoms with Gasteiger partial charge < -0.3 is 5.11 Å². The van der Waals surface area contributed by atoms with Gasteiger partial charge in [0, 0.05) is 5.69 Å². The number of hydrogen-bond donors (Lipinski definition) is 1. The van der Waals surface area contributed by atoms with Crippen molar-refractivity contribution in [2.24, 2.45) is 5.92 Å². The zero-order valence-electron chi connectivity index (χ0n) is 9.16. The van der Waals surface area contributed by atoms with Crippen LogP contribution in [0.5, 0.6) is 0 Å². The van der Waals surface area contributed by atoms with Crippen LogP contribution in [0.15, 0.2) is 0 Å². The summed E-state index contributed by atoms with van der Waals surface area (Å²) in [7, 11) is 0. The van der Waals surface area contributed by atoms with Crippen molar-refractivity contribution >= 4 is 5.97 Å². The van der Waals surface area contributed by atoms with Gasteiger partial charge in [-0.05, 0) is 37.7 Å². The van der Waals surface area contributed by atoms with Crippen molar-refractivity contribution in [3.05, 3.63) is 17.0 Å². The summed E-state index contributed by atoms with van der Waals surface area (Å²) in [5, 5.41) is 13.1. The predicted octanol–water partition coefficient (Wildman–Crippen LogP) is 1.40. The first-order valence-corrected chi connectivity index (χ1v) is 5.35. The number of rotatable bonds is 2. The quantitative estimate of drug-likeness (QED) is 0.799. The van der Waals surface area contributed by atoms with Crippen molar-refractivity contribution in [2.45, 2.75) is 39.7 Å². The van der Waals surface area contributed by atoms with E-state index >= 15 is 0 Å². The van der Waals surface area contributed by atoms with E-state index in [-0.39, 0.29) is 6.54 Å². The predicted molar refractivity (Wildman–Crippen MR) is 55.8 cm³/mol. The van der Waals surface area contributed by atoms with Crippen LogP contribution in [-0.4, -0.2) is 20.9 Å². The highest BCUT2D eigenvalue weighted by Gasteiger charge is 2.22. The minimum atomic E-state index is -0.821. The van der Waals surface area contributed by atoms with Crippen LogP contribution < -0.4 is 0 Å². The maximum atomic E-state index is 10.7. The molecule has 1 aliphatic rings. The SMILES string of the molecule is Cc1nn(CC(=O)O)c2c1CCC(C)C2. The number of aromatic nitrogens is 2. The smallest absolute Gasteiger partial charge is 0.325 e. The van der Waals surface area contributed by atoms with E-state index in [0.29, 0.717) is 5.92 Å². The van der Waals surface area contributed by atoms with Gasteiger partial charge in [-0.25, -0.2) is 0 Å². The molecule has 0 radical (unpaired) electrons. The van der Waals surface area contributed by atoms with E-state index in [1.807, 2.05) is 6.92 Å². The fourth-order valence-electron chi connectivity index (χ4n) is 2.30. The third-order valence-corrected chi connectivity index (χ3v) is 3.08. The minimum Gasteiger partial charge on any atom is -0.480 e. The lowest BCUT2D eigenvalue weighted by molar-refractivity contribution is -0.137. The average Bonchev–Trinajstić information content (AvgIpc) is 2.42. The molecule has 0 fully saturated rings. The van der Waals surface area contributed by atoms with Crippen molar-refractivity contribution < 1.29 is 9.90 Å². The van der Waals surface area contributed by atoms with Gasteiger partial charge in [-0.15, -0.1) is 0 Å². The van der Waals surface area contributed by atoms with E-state index in [4.69, 9.17) is 5.11 Å². The van der Waals surface area contributed by atoms with E-state index in [2.05, 4.69) is 12.0 Å². The van der Waals surface area contributed by atoms with Gasteiger partial charge in [0.2, 0.25) is 0 Å². The first-order valence-electron chi connectivity index (χ1n) is 5.35. The molecule has 0 aliphatic heterocycles. The molecule has 0 amide bonds. The Labute approximate surface area is 88.9 Å². The standard InChI is InChI=1S/C11H16N2O2/c1-7-3-4-9-8(2)12-13(6-11(14)15)10(9)5-7/h7H,3-6H2,1-2H3,(H,14,15). The van der Waals surface area contributed by atoms with E-state index in [0.717, 1.165) is 24.2 Å². The monoisotopic (exact) mass is 208 g/mol. The molecular formula is C11H16N2O2. The molecule has 0 aromatic carbocycles. The molecule has 0 saturated carbocycles. The maximum absolute atomic E-state index is 10.7. The van der Waals surface area contributed by atoms with Gasteiger partial charge in [0.1, 0.15) is 6.54 Å². The average molecular weight is 208 g/mol. The van der Waals surface area contributed by atoms with Crippen LogP contribution in [0, 0.1) is 12.8 Å². The normalized spacial score (nSPS) is 20.0. The Balaban J connectivity index is 2.36. The Morgan fingerprint density at radius 1 is 1.67 bits per heavy atom. The van der Waals surface area contributed by atoms with E-state index in [1.54, 1.807) is 4.68 Å². The number of aryl methyl sites for hydroxylation is 1. The van der Waals surface area contributed by atoms with Crippen LogP contribution in [0.1, 0.15) is 30.3 Å². The fourth-order valence-corrected chi connectivity index (χ4v) is 2.30. The Kier molecular flexibility index (Phi) is 2.50. The van der Waals surface area contributed by atoms with Crippen LogP contribution in [0.4, 0.5) is 0 Å². The molecule has 4 nitrogen and oxygen atoms in total. The lowest BCUT2D eigenvalue weighted by Gasteiger charge is -2.19. The molecule has 0 saturated heterocycles. The summed E-state index contributed by atoms with van der Waals surface area (Å²) in [4.78, 5) is 10.7. The first-order chi connectivity index (χ1) is 7.08. The summed E-state index contributed by atoms with van der Waals surface area (Å²) >= 11 is 0. The lowest BCUT2D eigenvalue weighted by Crippen LogP contribution is -2.18. The molecule has 1 aromatic rings. The summed E-state index contributed by atoms with van der Waals surface area (Å²) in [6.45, 7) is 4.16. The van der Waals surface area contributed by atoms with Crippen LogP contribution in [0.3, 0.4) is 0 Å². The van der Waals surface area contributed by atoms with E-state index < -0.39 is 5.97 Å². The maximum Gasteiger partial charge on any atom is 0.325 e. The number of carboxylic acid groups (broad SMARTS) is 1. The highest BCUT2D eigenvalue weighted by atomic mass is 16.4. The molecule has 0 bridgehead atoms. The number of fused-ring (bicyclic) bond motifs is 1. The molecule has 0 spiro atoms. The third-order valence-electron chi connectivity index (χ3n) is 3.08. The molecule has 15 heavy (non-hydrogen) atoms. The van der Waals surface area contributed by atoms with Gasteiger partial charge >= 0.3 is 5.97 Å². The highest BCUT2D eigenvalue weighted by Crippen LogP contribution is 2.27. The van der Waals surface area contributed by atoms with Crippen molar-refractivity contribution in [3.8, 4) is 0 Å². The number of aliphatic carboxylic acids is 1.